The van der Waals surface area contributed by atoms with E-state index in [4.69, 9.17) is 10.00 Å². The average molecular weight is 300 g/mol. The molecule has 0 radical (unpaired) electrons. The Morgan fingerprint density at radius 1 is 1.27 bits per heavy atom. The minimum Gasteiger partial charge on any atom is -0.495 e. The van der Waals surface area contributed by atoms with Gasteiger partial charge in [0.2, 0.25) is 0 Å². The number of benzene rings is 2. The lowest BCUT2D eigenvalue weighted by Gasteiger charge is -2.13. The van der Waals surface area contributed by atoms with E-state index < -0.39 is 6.10 Å². The minimum absolute atomic E-state index is 0.328. The van der Waals surface area contributed by atoms with E-state index in [-0.39, 0.29) is 5.82 Å². The van der Waals surface area contributed by atoms with Crippen molar-refractivity contribution in [2.75, 3.05) is 13.7 Å². The first kappa shape index (κ1) is 16.0. The quantitative estimate of drug-likeness (QED) is 0.860. The highest BCUT2D eigenvalue weighted by Crippen LogP contribution is 2.19. The normalized spacial score (nSPS) is 11.7. The van der Waals surface area contributed by atoms with E-state index >= 15 is 0 Å². The van der Waals surface area contributed by atoms with Crippen molar-refractivity contribution in [3.63, 3.8) is 0 Å². The number of hydrogen-bond donors (Lipinski definition) is 2. The maximum atomic E-state index is 12.8. The molecule has 22 heavy (non-hydrogen) atoms. The van der Waals surface area contributed by atoms with Crippen LogP contribution in [-0.2, 0) is 6.54 Å². The number of halogens is 1. The number of methoxy groups -OCH3 is 1. The molecule has 2 N–H and O–H groups in total. The molecule has 0 heterocycles. The second-order valence-electron chi connectivity index (χ2n) is 4.84. The van der Waals surface area contributed by atoms with Gasteiger partial charge in [-0.1, -0.05) is 18.2 Å². The number of aliphatic hydroxyl groups excluding tert-OH is 1. The van der Waals surface area contributed by atoms with Crippen LogP contribution in [0.4, 0.5) is 4.39 Å². The molecular weight excluding hydrogens is 283 g/mol. The maximum absolute atomic E-state index is 12.8. The average Bonchev–Trinajstić information content (AvgIpc) is 2.55. The number of aliphatic hydroxyl groups is 1. The molecule has 0 aliphatic carbocycles. The van der Waals surface area contributed by atoms with E-state index in [1.54, 1.807) is 24.3 Å². The monoisotopic (exact) mass is 300 g/mol. The number of hydrogen-bond acceptors (Lipinski definition) is 4. The molecule has 0 aliphatic rings. The topological polar surface area (TPSA) is 65.3 Å². The Labute approximate surface area is 128 Å². The molecule has 114 valence electrons. The fraction of sp³-hybridized carbons (Fsp3) is 0.235. The van der Waals surface area contributed by atoms with Crippen LogP contribution in [0.2, 0.25) is 0 Å². The summed E-state index contributed by atoms with van der Waals surface area (Å²) in [6.07, 6.45) is -0.714. The van der Waals surface area contributed by atoms with Crippen LogP contribution >= 0.6 is 0 Å². The van der Waals surface area contributed by atoms with E-state index in [0.717, 1.165) is 5.56 Å². The predicted molar refractivity (Wildman–Crippen MR) is 80.8 cm³/mol. The van der Waals surface area contributed by atoms with Gasteiger partial charge in [-0.2, -0.15) is 5.26 Å². The third-order valence-corrected chi connectivity index (χ3v) is 3.31. The second-order valence-corrected chi connectivity index (χ2v) is 4.84. The zero-order chi connectivity index (χ0) is 15.9. The highest BCUT2D eigenvalue weighted by Gasteiger charge is 2.08. The largest absolute Gasteiger partial charge is 0.495 e. The molecular formula is C17H17FN2O2. The molecule has 0 amide bonds. The van der Waals surface area contributed by atoms with Crippen LogP contribution < -0.4 is 10.1 Å². The summed E-state index contributed by atoms with van der Waals surface area (Å²) in [5.74, 6) is 0.212. The van der Waals surface area contributed by atoms with Crippen LogP contribution in [-0.4, -0.2) is 18.8 Å². The summed E-state index contributed by atoms with van der Waals surface area (Å²) in [6, 6.07) is 13.2. The van der Waals surface area contributed by atoms with Crippen LogP contribution in [0.1, 0.15) is 22.8 Å². The van der Waals surface area contributed by atoms with E-state index in [0.29, 0.717) is 30.0 Å². The van der Waals surface area contributed by atoms with Crippen LogP contribution in [0.5, 0.6) is 5.75 Å². The van der Waals surface area contributed by atoms with Gasteiger partial charge in [-0.15, -0.1) is 0 Å². The van der Waals surface area contributed by atoms with E-state index in [9.17, 15) is 9.50 Å². The van der Waals surface area contributed by atoms with Gasteiger partial charge in [0.1, 0.15) is 17.6 Å². The molecule has 0 saturated heterocycles. The zero-order valence-electron chi connectivity index (χ0n) is 12.2. The van der Waals surface area contributed by atoms with Gasteiger partial charge in [0.15, 0.2) is 0 Å². The molecule has 0 fully saturated rings. The molecule has 1 atom stereocenters. The first-order valence-electron chi connectivity index (χ1n) is 6.85. The molecule has 0 aliphatic heterocycles. The Morgan fingerprint density at radius 3 is 2.64 bits per heavy atom. The lowest BCUT2D eigenvalue weighted by atomic mass is 10.1. The summed E-state index contributed by atoms with van der Waals surface area (Å²) in [5, 5.41) is 22.2. The summed E-state index contributed by atoms with van der Waals surface area (Å²) >= 11 is 0. The van der Waals surface area contributed by atoms with Crippen LogP contribution in [0.15, 0.2) is 42.5 Å². The Morgan fingerprint density at radius 2 is 2.00 bits per heavy atom. The molecule has 2 aromatic carbocycles. The van der Waals surface area contributed by atoms with Crippen LogP contribution in [0.25, 0.3) is 0 Å². The molecule has 0 saturated carbocycles. The van der Waals surface area contributed by atoms with E-state index in [2.05, 4.69) is 11.4 Å². The van der Waals surface area contributed by atoms with Crippen molar-refractivity contribution in [1.29, 1.82) is 5.26 Å². The van der Waals surface area contributed by atoms with Crippen LogP contribution in [0, 0.1) is 17.1 Å². The summed E-state index contributed by atoms with van der Waals surface area (Å²) in [7, 11) is 1.52. The van der Waals surface area contributed by atoms with Crippen molar-refractivity contribution < 1.29 is 14.2 Å². The summed E-state index contributed by atoms with van der Waals surface area (Å²) in [5.41, 5.74) is 2.05. The van der Waals surface area contributed by atoms with Gasteiger partial charge in [-0.3, -0.25) is 0 Å². The number of rotatable bonds is 6. The molecule has 0 bridgehead atoms. The highest BCUT2D eigenvalue weighted by atomic mass is 19.1. The number of nitrogens with zero attached hydrogens (tertiary/aromatic N) is 1. The van der Waals surface area contributed by atoms with Gasteiger partial charge < -0.3 is 15.2 Å². The van der Waals surface area contributed by atoms with Crippen molar-refractivity contribution in [3.05, 3.63) is 65.0 Å². The summed E-state index contributed by atoms with van der Waals surface area (Å²) < 4.78 is 17.9. The molecule has 0 spiro atoms. The number of nitriles is 1. The van der Waals surface area contributed by atoms with Gasteiger partial charge in [-0.05, 0) is 35.4 Å². The summed E-state index contributed by atoms with van der Waals surface area (Å²) in [6.45, 7) is 0.844. The van der Waals surface area contributed by atoms with Crippen LogP contribution in [0.3, 0.4) is 0 Å². The standard InChI is InChI=1S/C17H17FN2O2/c1-22-17-7-2-12(8-14(17)9-19)10-20-11-16(21)13-3-5-15(18)6-4-13/h2-8,16,20-21H,10-11H2,1H3. The molecule has 2 aromatic rings. The Hall–Kier alpha value is -2.42. The smallest absolute Gasteiger partial charge is 0.136 e. The first-order valence-corrected chi connectivity index (χ1v) is 6.85. The van der Waals surface area contributed by atoms with Gasteiger partial charge in [0.05, 0.1) is 18.8 Å². The minimum atomic E-state index is -0.714. The fourth-order valence-electron chi connectivity index (χ4n) is 2.11. The first-order chi connectivity index (χ1) is 10.6. The third-order valence-electron chi connectivity index (χ3n) is 3.31. The Kier molecular flexibility index (Phi) is 5.48. The Balaban J connectivity index is 1.91. The van der Waals surface area contributed by atoms with Crippen molar-refractivity contribution in [1.82, 2.24) is 5.32 Å². The Bertz CT molecular complexity index is 665. The number of nitrogens with one attached hydrogen (secondary N) is 1. The SMILES string of the molecule is COc1ccc(CNCC(O)c2ccc(F)cc2)cc1C#N. The van der Waals surface area contributed by atoms with Crippen molar-refractivity contribution in [2.45, 2.75) is 12.6 Å². The molecule has 1 unspecified atom stereocenters. The summed E-state index contributed by atoms with van der Waals surface area (Å²) in [4.78, 5) is 0. The second kappa shape index (κ2) is 7.55. The van der Waals surface area contributed by atoms with E-state index in [1.165, 1.54) is 19.2 Å². The molecule has 0 aromatic heterocycles. The molecule has 4 nitrogen and oxygen atoms in total. The van der Waals surface area contributed by atoms with Gasteiger partial charge in [-0.25, -0.2) is 4.39 Å². The van der Waals surface area contributed by atoms with Gasteiger partial charge in [0.25, 0.3) is 0 Å². The third kappa shape index (κ3) is 4.04. The van der Waals surface area contributed by atoms with Crippen molar-refractivity contribution in [2.24, 2.45) is 0 Å². The molecule has 5 heteroatoms. The number of ether oxygens (including phenoxy) is 1. The van der Waals surface area contributed by atoms with Gasteiger partial charge >= 0.3 is 0 Å². The fourth-order valence-corrected chi connectivity index (χ4v) is 2.11. The van der Waals surface area contributed by atoms with Crippen molar-refractivity contribution >= 4 is 0 Å². The highest BCUT2D eigenvalue weighted by molar-refractivity contribution is 5.45. The van der Waals surface area contributed by atoms with Crippen molar-refractivity contribution in [3.8, 4) is 11.8 Å². The van der Waals surface area contributed by atoms with Gasteiger partial charge in [0, 0.05) is 13.1 Å². The lowest BCUT2D eigenvalue weighted by Crippen LogP contribution is -2.21. The lowest BCUT2D eigenvalue weighted by molar-refractivity contribution is 0.174. The predicted octanol–water partition coefficient (Wildman–Crippen LogP) is 2.53. The maximum Gasteiger partial charge on any atom is 0.136 e. The van der Waals surface area contributed by atoms with E-state index in [1.807, 2.05) is 6.07 Å². The molecule has 2 rings (SSSR count). The zero-order valence-corrected chi connectivity index (χ0v) is 12.2.